The molecule has 0 aliphatic heterocycles. The Bertz CT molecular complexity index is 524. The number of phenols is 1. The molecular weight excluding hydrogens is 302 g/mol. The van der Waals surface area contributed by atoms with E-state index in [0.717, 1.165) is 24.8 Å². The molecule has 1 rings (SSSR count). The lowest BCUT2D eigenvalue weighted by Gasteiger charge is -2.08. The van der Waals surface area contributed by atoms with Gasteiger partial charge in [-0.3, -0.25) is 4.79 Å². The van der Waals surface area contributed by atoms with Crippen molar-refractivity contribution in [2.75, 3.05) is 7.11 Å². The van der Waals surface area contributed by atoms with Gasteiger partial charge in [0.25, 0.3) is 0 Å². The molecule has 0 heterocycles. The predicted molar refractivity (Wildman–Crippen MR) is 98.2 cm³/mol. The van der Waals surface area contributed by atoms with E-state index in [1.807, 2.05) is 0 Å². The van der Waals surface area contributed by atoms with Crippen LogP contribution >= 0.6 is 0 Å². The van der Waals surface area contributed by atoms with Crippen molar-refractivity contribution in [1.82, 2.24) is 5.32 Å². The van der Waals surface area contributed by atoms with Crippen molar-refractivity contribution in [2.24, 2.45) is 5.92 Å². The lowest BCUT2D eigenvalue weighted by Crippen LogP contribution is -2.22. The number of nitrogens with one attached hydrogen (secondary N) is 1. The van der Waals surface area contributed by atoms with Gasteiger partial charge in [0.1, 0.15) is 0 Å². The number of hydrogen-bond donors (Lipinski definition) is 2. The van der Waals surface area contributed by atoms with Gasteiger partial charge in [0, 0.05) is 13.0 Å². The van der Waals surface area contributed by atoms with E-state index in [4.69, 9.17) is 4.74 Å². The summed E-state index contributed by atoms with van der Waals surface area (Å²) in [5.41, 5.74) is 0.912. The minimum Gasteiger partial charge on any atom is -0.504 e. The Morgan fingerprint density at radius 1 is 1.25 bits per heavy atom. The average Bonchev–Trinajstić information content (AvgIpc) is 2.56. The molecule has 24 heavy (non-hydrogen) atoms. The maximum absolute atomic E-state index is 11.8. The molecule has 0 aromatic heterocycles. The number of amides is 1. The number of benzene rings is 1. The highest BCUT2D eigenvalue weighted by Crippen LogP contribution is 2.26. The lowest BCUT2D eigenvalue weighted by molar-refractivity contribution is -0.121. The van der Waals surface area contributed by atoms with Crippen molar-refractivity contribution in [3.8, 4) is 11.5 Å². The highest BCUT2D eigenvalue weighted by Gasteiger charge is 2.05. The average molecular weight is 333 g/mol. The Balaban J connectivity index is 2.12. The van der Waals surface area contributed by atoms with E-state index in [0.29, 0.717) is 24.6 Å². The molecule has 2 N–H and O–H groups in total. The van der Waals surface area contributed by atoms with Crippen LogP contribution in [0.3, 0.4) is 0 Å². The maximum atomic E-state index is 11.8. The summed E-state index contributed by atoms with van der Waals surface area (Å²) in [6, 6.07) is 5.09. The predicted octanol–water partition coefficient (Wildman–Crippen LogP) is 4.57. The molecule has 134 valence electrons. The number of hydrogen-bond acceptors (Lipinski definition) is 3. The quantitative estimate of drug-likeness (QED) is 0.461. The van der Waals surface area contributed by atoms with Crippen molar-refractivity contribution in [2.45, 2.75) is 58.9 Å². The third-order valence-electron chi connectivity index (χ3n) is 3.78. The van der Waals surface area contributed by atoms with Crippen molar-refractivity contribution in [3.63, 3.8) is 0 Å². The molecule has 0 spiro atoms. The van der Waals surface area contributed by atoms with Crippen LogP contribution in [-0.4, -0.2) is 18.1 Å². The van der Waals surface area contributed by atoms with Gasteiger partial charge in [0.05, 0.1) is 7.11 Å². The standard InChI is InChI=1S/C20H31NO3/c1-16(2)10-8-6-4-5-7-9-11-20(23)21-15-17-12-13-18(22)19(14-17)24-3/h8,10,12-14,16,22H,4-7,9,11,15H2,1-3H3,(H,21,23)/b10-8+. The third kappa shape index (κ3) is 8.61. The summed E-state index contributed by atoms with van der Waals surface area (Å²) in [5.74, 6) is 1.23. The monoisotopic (exact) mass is 333 g/mol. The second kappa shape index (κ2) is 11.5. The lowest BCUT2D eigenvalue weighted by atomic mass is 10.1. The van der Waals surface area contributed by atoms with Gasteiger partial charge in [0.15, 0.2) is 11.5 Å². The number of carbonyl (C=O) groups is 1. The Morgan fingerprint density at radius 2 is 2.00 bits per heavy atom. The Labute approximate surface area is 145 Å². The number of rotatable bonds is 11. The fraction of sp³-hybridized carbons (Fsp3) is 0.550. The van der Waals surface area contributed by atoms with Crippen molar-refractivity contribution in [3.05, 3.63) is 35.9 Å². The molecule has 0 saturated heterocycles. The summed E-state index contributed by atoms with van der Waals surface area (Å²) in [5, 5.41) is 12.4. The minimum absolute atomic E-state index is 0.0711. The third-order valence-corrected chi connectivity index (χ3v) is 3.78. The molecular formula is C20H31NO3. The van der Waals surface area contributed by atoms with Gasteiger partial charge in [0.2, 0.25) is 5.91 Å². The van der Waals surface area contributed by atoms with Crippen molar-refractivity contribution < 1.29 is 14.6 Å². The summed E-state index contributed by atoms with van der Waals surface area (Å²) in [7, 11) is 1.51. The molecule has 1 aromatic rings. The second-order valence-electron chi connectivity index (χ2n) is 6.41. The van der Waals surface area contributed by atoms with E-state index >= 15 is 0 Å². The van der Waals surface area contributed by atoms with Gasteiger partial charge >= 0.3 is 0 Å². The Hall–Kier alpha value is -1.97. The summed E-state index contributed by atoms with van der Waals surface area (Å²) in [6.07, 6.45) is 10.6. The first-order valence-corrected chi connectivity index (χ1v) is 8.82. The molecule has 0 bridgehead atoms. The molecule has 1 amide bonds. The zero-order valence-corrected chi connectivity index (χ0v) is 15.2. The first-order chi connectivity index (χ1) is 11.5. The number of ether oxygens (including phenoxy) is 1. The van der Waals surface area contributed by atoms with Crippen LogP contribution in [0.25, 0.3) is 0 Å². The Morgan fingerprint density at radius 3 is 2.71 bits per heavy atom. The van der Waals surface area contributed by atoms with Gasteiger partial charge in [-0.1, -0.05) is 44.9 Å². The van der Waals surface area contributed by atoms with Crippen molar-refractivity contribution in [1.29, 1.82) is 0 Å². The van der Waals surface area contributed by atoms with Gasteiger partial charge in [-0.2, -0.15) is 0 Å². The van der Waals surface area contributed by atoms with E-state index < -0.39 is 0 Å². The van der Waals surface area contributed by atoms with Gasteiger partial charge < -0.3 is 15.2 Å². The number of aromatic hydroxyl groups is 1. The number of carbonyl (C=O) groups excluding carboxylic acids is 1. The Kier molecular flexibility index (Phi) is 9.66. The molecule has 0 aliphatic rings. The topological polar surface area (TPSA) is 58.6 Å². The van der Waals surface area contributed by atoms with Crippen LogP contribution in [0.1, 0.15) is 57.9 Å². The van der Waals surface area contributed by atoms with Crippen LogP contribution < -0.4 is 10.1 Å². The highest BCUT2D eigenvalue weighted by atomic mass is 16.5. The summed E-state index contributed by atoms with van der Waals surface area (Å²) in [4.78, 5) is 11.8. The maximum Gasteiger partial charge on any atom is 0.220 e. The van der Waals surface area contributed by atoms with Crippen LogP contribution in [0.15, 0.2) is 30.4 Å². The summed E-state index contributed by atoms with van der Waals surface area (Å²) >= 11 is 0. The first kappa shape index (κ1) is 20.1. The number of phenolic OH excluding ortho intramolecular Hbond substituents is 1. The molecule has 1 aromatic carbocycles. The summed E-state index contributed by atoms with van der Waals surface area (Å²) < 4.78 is 5.06. The van der Waals surface area contributed by atoms with E-state index in [1.165, 1.54) is 20.0 Å². The second-order valence-corrected chi connectivity index (χ2v) is 6.41. The number of allylic oxidation sites excluding steroid dienone is 2. The summed E-state index contributed by atoms with van der Waals surface area (Å²) in [6.45, 7) is 4.82. The van der Waals surface area contributed by atoms with E-state index in [1.54, 1.807) is 18.2 Å². The van der Waals surface area contributed by atoms with E-state index in [9.17, 15) is 9.90 Å². The number of unbranched alkanes of at least 4 members (excludes halogenated alkanes) is 4. The fourth-order valence-corrected chi connectivity index (χ4v) is 2.39. The van der Waals surface area contributed by atoms with Crippen LogP contribution in [0, 0.1) is 5.92 Å². The van der Waals surface area contributed by atoms with Crippen LogP contribution in [0.2, 0.25) is 0 Å². The van der Waals surface area contributed by atoms with E-state index in [-0.39, 0.29) is 11.7 Å². The molecule has 0 fully saturated rings. The molecule has 0 unspecified atom stereocenters. The zero-order valence-electron chi connectivity index (χ0n) is 15.2. The van der Waals surface area contributed by atoms with Crippen LogP contribution in [0.5, 0.6) is 11.5 Å². The van der Waals surface area contributed by atoms with Crippen LogP contribution in [-0.2, 0) is 11.3 Å². The smallest absolute Gasteiger partial charge is 0.220 e. The van der Waals surface area contributed by atoms with E-state index in [2.05, 4.69) is 31.3 Å². The van der Waals surface area contributed by atoms with Gasteiger partial charge in [-0.15, -0.1) is 0 Å². The largest absolute Gasteiger partial charge is 0.504 e. The first-order valence-electron chi connectivity index (χ1n) is 8.82. The molecule has 0 saturated carbocycles. The molecule has 0 radical (unpaired) electrons. The van der Waals surface area contributed by atoms with Crippen LogP contribution in [0.4, 0.5) is 0 Å². The molecule has 0 atom stereocenters. The number of methoxy groups -OCH3 is 1. The van der Waals surface area contributed by atoms with Crippen molar-refractivity contribution >= 4 is 5.91 Å². The fourth-order valence-electron chi connectivity index (χ4n) is 2.39. The SMILES string of the molecule is COc1cc(CNC(=O)CCCCCC/C=C/C(C)C)ccc1O. The van der Waals surface area contributed by atoms with Gasteiger partial charge in [-0.25, -0.2) is 0 Å². The zero-order chi connectivity index (χ0) is 17.8. The van der Waals surface area contributed by atoms with Gasteiger partial charge in [-0.05, 0) is 42.9 Å². The molecule has 0 aliphatic carbocycles. The minimum atomic E-state index is 0.0711. The molecule has 4 heteroatoms. The molecule has 4 nitrogen and oxygen atoms in total. The normalized spacial score (nSPS) is 11.2. The highest BCUT2D eigenvalue weighted by molar-refractivity contribution is 5.75.